The van der Waals surface area contributed by atoms with E-state index >= 15 is 0 Å². The van der Waals surface area contributed by atoms with E-state index in [1.54, 1.807) is 0 Å². The number of ether oxygens (including phenoxy) is 3. The third-order valence-electron chi connectivity index (χ3n) is 15.9. The van der Waals surface area contributed by atoms with Crippen molar-refractivity contribution in [2.24, 2.45) is 0 Å². The summed E-state index contributed by atoms with van der Waals surface area (Å²) in [6.07, 6.45) is 83.5. The van der Waals surface area contributed by atoms with E-state index < -0.39 is 6.10 Å². The van der Waals surface area contributed by atoms with Crippen LogP contribution in [-0.2, 0) is 28.6 Å². The molecule has 0 radical (unpaired) electrons. The molecule has 458 valence electrons. The summed E-state index contributed by atoms with van der Waals surface area (Å²) in [5.74, 6) is -0.845. The largest absolute Gasteiger partial charge is 0.462 e. The number of hydrogen-bond acceptors (Lipinski definition) is 6. The Balaban J connectivity index is 3.98. The topological polar surface area (TPSA) is 78.9 Å². The molecule has 0 aliphatic rings. The Kier molecular flexibility index (Phi) is 65.1. The van der Waals surface area contributed by atoms with Crippen molar-refractivity contribution in [2.45, 2.75) is 393 Å². The highest BCUT2D eigenvalue weighted by Crippen LogP contribution is 2.18. The maximum absolute atomic E-state index is 12.9. The van der Waals surface area contributed by atoms with Crippen LogP contribution in [0.25, 0.3) is 0 Å². The molecule has 0 N–H and O–H groups in total. The molecule has 0 fully saturated rings. The number of allylic oxidation sites excluding steroid dienone is 6. The van der Waals surface area contributed by atoms with Crippen LogP contribution < -0.4 is 0 Å². The second kappa shape index (κ2) is 67.1. The fraction of sp³-hybridized carbons (Fsp3) is 0.875. The van der Waals surface area contributed by atoms with Crippen molar-refractivity contribution in [2.75, 3.05) is 13.2 Å². The molecule has 0 rings (SSSR count). The molecule has 0 amide bonds. The monoisotopic (exact) mass is 1100 g/mol. The predicted octanol–water partition coefficient (Wildman–Crippen LogP) is 23.9. The van der Waals surface area contributed by atoms with Crippen molar-refractivity contribution in [1.82, 2.24) is 0 Å². The van der Waals surface area contributed by atoms with E-state index in [1.165, 1.54) is 276 Å². The molecule has 0 spiro atoms. The second-order valence-electron chi connectivity index (χ2n) is 23.8. The van der Waals surface area contributed by atoms with Gasteiger partial charge < -0.3 is 14.2 Å². The van der Waals surface area contributed by atoms with Gasteiger partial charge >= 0.3 is 17.9 Å². The first-order valence-corrected chi connectivity index (χ1v) is 35.0. The van der Waals surface area contributed by atoms with Crippen molar-refractivity contribution in [3.8, 4) is 0 Å². The van der Waals surface area contributed by atoms with Crippen LogP contribution in [0.15, 0.2) is 36.5 Å². The Morgan fingerprint density at radius 1 is 0.256 bits per heavy atom. The molecule has 6 nitrogen and oxygen atoms in total. The average Bonchev–Trinajstić information content (AvgIpc) is 3.44. The van der Waals surface area contributed by atoms with Gasteiger partial charge in [0.25, 0.3) is 0 Å². The molecule has 0 aromatic heterocycles. The Hall–Kier alpha value is -2.37. The summed E-state index contributed by atoms with van der Waals surface area (Å²) in [7, 11) is 0. The molecule has 0 aliphatic heterocycles. The molecule has 0 heterocycles. The lowest BCUT2D eigenvalue weighted by Crippen LogP contribution is -2.30. The summed E-state index contributed by atoms with van der Waals surface area (Å²) in [6.45, 7) is 6.65. The lowest BCUT2D eigenvalue weighted by Gasteiger charge is -2.18. The molecule has 0 aromatic carbocycles. The summed E-state index contributed by atoms with van der Waals surface area (Å²) < 4.78 is 16.9. The lowest BCUT2D eigenvalue weighted by atomic mass is 10.0. The van der Waals surface area contributed by atoms with Gasteiger partial charge in [-0.2, -0.15) is 0 Å². The zero-order valence-corrected chi connectivity index (χ0v) is 52.7. The number of hydrogen-bond donors (Lipinski definition) is 0. The fourth-order valence-corrected chi connectivity index (χ4v) is 10.6. The predicted molar refractivity (Wildman–Crippen MR) is 339 cm³/mol. The Labute approximate surface area is 486 Å². The smallest absolute Gasteiger partial charge is 0.306 e. The van der Waals surface area contributed by atoms with Crippen molar-refractivity contribution in [1.29, 1.82) is 0 Å². The lowest BCUT2D eigenvalue weighted by molar-refractivity contribution is -0.167. The van der Waals surface area contributed by atoms with Gasteiger partial charge in [-0.3, -0.25) is 14.4 Å². The van der Waals surface area contributed by atoms with E-state index in [2.05, 4.69) is 57.2 Å². The first kappa shape index (κ1) is 75.6. The van der Waals surface area contributed by atoms with Gasteiger partial charge in [-0.15, -0.1) is 0 Å². The molecule has 6 heteroatoms. The van der Waals surface area contributed by atoms with Gasteiger partial charge in [0.1, 0.15) is 13.2 Å². The van der Waals surface area contributed by atoms with E-state index in [4.69, 9.17) is 14.2 Å². The first-order chi connectivity index (χ1) is 38.5. The Bertz CT molecular complexity index is 1300. The Morgan fingerprint density at radius 3 is 0.718 bits per heavy atom. The van der Waals surface area contributed by atoms with Crippen LogP contribution in [0.1, 0.15) is 387 Å². The van der Waals surface area contributed by atoms with Crippen LogP contribution in [0.3, 0.4) is 0 Å². The minimum atomic E-state index is -0.765. The third kappa shape index (κ3) is 64.5. The highest BCUT2D eigenvalue weighted by atomic mass is 16.6. The van der Waals surface area contributed by atoms with Crippen LogP contribution in [0.2, 0.25) is 0 Å². The van der Waals surface area contributed by atoms with Gasteiger partial charge in [0.15, 0.2) is 6.10 Å². The molecule has 78 heavy (non-hydrogen) atoms. The fourth-order valence-electron chi connectivity index (χ4n) is 10.6. The van der Waals surface area contributed by atoms with Crippen LogP contribution in [0, 0.1) is 0 Å². The van der Waals surface area contributed by atoms with Gasteiger partial charge in [-0.25, -0.2) is 0 Å². The second-order valence-corrected chi connectivity index (χ2v) is 23.8. The van der Waals surface area contributed by atoms with E-state index in [1.807, 2.05) is 0 Å². The molecule has 0 saturated heterocycles. The van der Waals surface area contributed by atoms with Gasteiger partial charge in [-0.1, -0.05) is 346 Å². The first-order valence-electron chi connectivity index (χ1n) is 35.0. The van der Waals surface area contributed by atoms with Gasteiger partial charge in [0, 0.05) is 19.3 Å². The molecular weight excluding hydrogens is 961 g/mol. The summed E-state index contributed by atoms with van der Waals surface area (Å²) in [5, 5.41) is 0. The maximum atomic E-state index is 12.9. The summed E-state index contributed by atoms with van der Waals surface area (Å²) >= 11 is 0. The van der Waals surface area contributed by atoms with Crippen molar-refractivity contribution in [3.63, 3.8) is 0 Å². The highest BCUT2D eigenvalue weighted by molar-refractivity contribution is 5.71. The normalized spacial score (nSPS) is 12.2. The third-order valence-corrected chi connectivity index (χ3v) is 15.9. The van der Waals surface area contributed by atoms with E-state index in [0.29, 0.717) is 19.3 Å². The van der Waals surface area contributed by atoms with Crippen molar-refractivity contribution in [3.05, 3.63) is 36.5 Å². The quantitative estimate of drug-likeness (QED) is 0.0261. The average molecular weight is 1100 g/mol. The van der Waals surface area contributed by atoms with Crippen molar-refractivity contribution >= 4 is 17.9 Å². The van der Waals surface area contributed by atoms with Crippen LogP contribution in [0.4, 0.5) is 0 Å². The van der Waals surface area contributed by atoms with E-state index in [-0.39, 0.29) is 31.1 Å². The number of carbonyl (C=O) groups excluding carboxylic acids is 3. The molecular formula is C72H134O6. The molecule has 1 unspecified atom stereocenters. The number of esters is 3. The molecule has 1 atom stereocenters. The summed E-state index contributed by atoms with van der Waals surface area (Å²) in [5.41, 5.74) is 0. The summed E-state index contributed by atoms with van der Waals surface area (Å²) in [6, 6.07) is 0. The maximum Gasteiger partial charge on any atom is 0.306 e. The van der Waals surface area contributed by atoms with Crippen LogP contribution >= 0.6 is 0 Å². The zero-order chi connectivity index (χ0) is 56.4. The number of unbranched alkanes of at least 4 members (excludes halogenated alkanes) is 48. The van der Waals surface area contributed by atoms with Gasteiger partial charge in [0.2, 0.25) is 0 Å². The minimum Gasteiger partial charge on any atom is -0.462 e. The van der Waals surface area contributed by atoms with E-state index in [9.17, 15) is 14.4 Å². The van der Waals surface area contributed by atoms with Crippen LogP contribution in [-0.4, -0.2) is 37.2 Å². The molecule has 0 aliphatic carbocycles. The number of rotatable bonds is 65. The number of carbonyl (C=O) groups is 3. The molecule has 0 aromatic rings. The summed E-state index contributed by atoms with van der Waals surface area (Å²) in [4.78, 5) is 38.1. The van der Waals surface area contributed by atoms with Crippen LogP contribution in [0.5, 0.6) is 0 Å². The van der Waals surface area contributed by atoms with Crippen molar-refractivity contribution < 1.29 is 28.6 Å². The van der Waals surface area contributed by atoms with Gasteiger partial charge in [0.05, 0.1) is 0 Å². The minimum absolute atomic E-state index is 0.0654. The standard InChI is InChI=1S/C72H134O6/c1-4-7-10-13-16-18-20-22-24-26-28-30-31-32-33-34-35-36-37-38-39-40-41-42-44-45-47-49-51-53-56-59-62-65-71(74)77-68-69(67-76-70(73)64-61-58-55-15-12-9-6-3)78-72(75)66-63-60-57-54-52-50-48-46-43-29-27-25-23-21-19-17-14-11-8-5-2/h20,22,26,28,31-32,69H,4-19,21,23-25,27,29-30,33-68H2,1-3H3/b22-20-,28-26-,32-31-. The Morgan fingerprint density at radius 2 is 0.462 bits per heavy atom. The molecule has 0 saturated carbocycles. The molecule has 0 bridgehead atoms. The highest BCUT2D eigenvalue weighted by Gasteiger charge is 2.19. The zero-order valence-electron chi connectivity index (χ0n) is 52.7. The SMILES string of the molecule is CCCCCCC/C=C\C/C=C\C/C=C\CCCCCCCCCCCCCCCCCCCCC(=O)OCC(COC(=O)CCCCCCCCC)OC(=O)CCCCCCCCCCCCCCCCCCCCCC. The van der Waals surface area contributed by atoms with Gasteiger partial charge in [-0.05, 0) is 57.8 Å². The van der Waals surface area contributed by atoms with E-state index in [0.717, 1.165) is 70.6 Å².